The van der Waals surface area contributed by atoms with Gasteiger partial charge in [0.05, 0.1) is 11.5 Å². The molecule has 1 heterocycles. The maximum Gasteiger partial charge on any atom is 0.373 e. The van der Waals surface area contributed by atoms with Gasteiger partial charge < -0.3 is 4.74 Å². The summed E-state index contributed by atoms with van der Waals surface area (Å²) >= 11 is 5.61. The largest absolute Gasteiger partial charge is 0.373 e. The number of hydrazine groups is 3. The van der Waals surface area contributed by atoms with Crippen LogP contribution >= 0.6 is 11.6 Å². The number of alkyl halides is 1. The van der Waals surface area contributed by atoms with Crippen LogP contribution in [0.1, 0.15) is 6.92 Å². The SMILES string of the molecule is COC1C=C(C)NN(N(OCCCl)C(=O)NS(=O)(=O)c2ccccc2)N1. The number of methoxy groups -OCH3 is 1. The summed E-state index contributed by atoms with van der Waals surface area (Å²) in [4.78, 5) is 17.7. The first-order chi connectivity index (χ1) is 12.4. The van der Waals surface area contributed by atoms with E-state index in [4.69, 9.17) is 21.2 Å². The molecule has 0 saturated heterocycles. The van der Waals surface area contributed by atoms with Gasteiger partial charge in [-0.1, -0.05) is 23.4 Å². The fourth-order valence-electron chi connectivity index (χ4n) is 1.98. The fourth-order valence-corrected chi connectivity index (χ4v) is 2.99. The summed E-state index contributed by atoms with van der Waals surface area (Å²) in [7, 11) is -2.62. The van der Waals surface area contributed by atoms with Gasteiger partial charge in [0.15, 0.2) is 0 Å². The third kappa shape index (κ3) is 5.30. The van der Waals surface area contributed by atoms with E-state index in [1.807, 2.05) is 4.72 Å². The van der Waals surface area contributed by atoms with Gasteiger partial charge in [-0.25, -0.2) is 22.8 Å². The quantitative estimate of drug-likeness (QED) is 0.448. The summed E-state index contributed by atoms with van der Waals surface area (Å²) in [5.41, 5.74) is 6.22. The summed E-state index contributed by atoms with van der Waals surface area (Å²) in [6, 6.07) is 6.44. The first kappa shape index (κ1) is 20.4. The lowest BCUT2D eigenvalue weighted by atomic mass is 10.4. The minimum Gasteiger partial charge on any atom is -0.361 e. The molecule has 1 aliphatic heterocycles. The van der Waals surface area contributed by atoms with Gasteiger partial charge in [-0.15, -0.1) is 11.6 Å². The molecule has 0 bridgehead atoms. The van der Waals surface area contributed by atoms with E-state index in [9.17, 15) is 13.2 Å². The average molecular weight is 406 g/mol. The molecular weight excluding hydrogens is 386 g/mol. The van der Waals surface area contributed by atoms with Gasteiger partial charge in [-0.05, 0) is 30.4 Å². The molecule has 1 aromatic carbocycles. The maximum absolute atomic E-state index is 12.5. The van der Waals surface area contributed by atoms with E-state index in [-0.39, 0.29) is 17.4 Å². The van der Waals surface area contributed by atoms with Crippen molar-refractivity contribution in [1.29, 1.82) is 0 Å². The molecule has 1 atom stereocenters. The van der Waals surface area contributed by atoms with E-state index in [1.165, 1.54) is 19.2 Å². The number of sulfonamides is 1. The highest BCUT2D eigenvalue weighted by molar-refractivity contribution is 7.90. The normalized spacial score (nSPS) is 18.0. The molecule has 1 aliphatic rings. The second kappa shape index (κ2) is 9.16. The Balaban J connectivity index is 2.18. The summed E-state index contributed by atoms with van der Waals surface area (Å²) in [6.07, 6.45) is 1.16. The zero-order valence-electron chi connectivity index (χ0n) is 14.2. The molecule has 2 rings (SSSR count). The standard InChI is InChI=1S/C14H20ClN5O5S/c1-11-10-13(24-2)17-20(16-11)19(25-9-8-15)14(21)18-26(22,23)12-6-4-3-5-7-12/h3-7,10,13,16-17H,8-9H2,1-2H3,(H,18,21). The van der Waals surface area contributed by atoms with Crippen molar-refractivity contribution in [2.24, 2.45) is 0 Å². The second-order valence-electron chi connectivity index (χ2n) is 5.08. The Hall–Kier alpha value is -1.89. The lowest BCUT2D eigenvalue weighted by Gasteiger charge is -2.37. The van der Waals surface area contributed by atoms with E-state index in [1.54, 1.807) is 31.2 Å². The van der Waals surface area contributed by atoms with Gasteiger partial charge in [-0.3, -0.25) is 5.43 Å². The van der Waals surface area contributed by atoms with Crippen molar-refractivity contribution in [3.63, 3.8) is 0 Å². The summed E-state index contributed by atoms with van der Waals surface area (Å²) in [5.74, 6) is 0.0889. The molecule has 1 unspecified atom stereocenters. The van der Waals surface area contributed by atoms with E-state index in [2.05, 4.69) is 10.9 Å². The smallest absolute Gasteiger partial charge is 0.361 e. The first-order valence-electron chi connectivity index (χ1n) is 7.52. The number of hydroxylamine groups is 1. The van der Waals surface area contributed by atoms with Crippen molar-refractivity contribution in [2.75, 3.05) is 19.6 Å². The number of nitrogens with one attached hydrogen (secondary N) is 3. The van der Waals surface area contributed by atoms with Crippen molar-refractivity contribution in [1.82, 2.24) is 26.0 Å². The first-order valence-corrected chi connectivity index (χ1v) is 9.54. The van der Waals surface area contributed by atoms with Gasteiger partial charge in [-0.2, -0.15) is 5.43 Å². The number of carbonyl (C=O) groups excluding carboxylic acids is 1. The minimum atomic E-state index is -4.08. The van der Waals surface area contributed by atoms with Crippen LogP contribution in [0.4, 0.5) is 4.79 Å². The van der Waals surface area contributed by atoms with E-state index >= 15 is 0 Å². The number of rotatable bonds is 7. The lowest BCUT2D eigenvalue weighted by molar-refractivity contribution is -0.288. The van der Waals surface area contributed by atoms with Crippen molar-refractivity contribution in [3.05, 3.63) is 42.1 Å². The van der Waals surface area contributed by atoms with Crippen molar-refractivity contribution in [2.45, 2.75) is 18.0 Å². The van der Waals surface area contributed by atoms with Crippen LogP contribution in [0.25, 0.3) is 0 Å². The molecule has 3 N–H and O–H groups in total. The average Bonchev–Trinajstić information content (AvgIpc) is 2.62. The second-order valence-corrected chi connectivity index (χ2v) is 7.14. The van der Waals surface area contributed by atoms with Crippen LogP contribution < -0.4 is 15.6 Å². The van der Waals surface area contributed by atoms with Gasteiger partial charge in [0.1, 0.15) is 6.23 Å². The van der Waals surface area contributed by atoms with Crippen molar-refractivity contribution < 1.29 is 22.8 Å². The van der Waals surface area contributed by atoms with E-state index in [0.29, 0.717) is 10.9 Å². The van der Waals surface area contributed by atoms with Crippen LogP contribution in [0.2, 0.25) is 0 Å². The third-order valence-electron chi connectivity index (χ3n) is 3.11. The highest BCUT2D eigenvalue weighted by Crippen LogP contribution is 2.10. The Morgan fingerprint density at radius 1 is 1.38 bits per heavy atom. The van der Waals surface area contributed by atoms with Gasteiger partial charge in [0.25, 0.3) is 10.0 Å². The van der Waals surface area contributed by atoms with Crippen LogP contribution in [-0.2, 0) is 19.6 Å². The molecule has 0 fully saturated rings. The number of amides is 2. The number of halogens is 1. The van der Waals surface area contributed by atoms with Crippen LogP contribution in [-0.4, -0.2) is 50.7 Å². The predicted molar refractivity (Wildman–Crippen MR) is 93.3 cm³/mol. The number of ether oxygens (including phenoxy) is 1. The lowest BCUT2D eigenvalue weighted by Crippen LogP contribution is -2.65. The third-order valence-corrected chi connectivity index (χ3v) is 4.60. The van der Waals surface area contributed by atoms with Gasteiger partial charge in [0.2, 0.25) is 0 Å². The number of hydrogen-bond donors (Lipinski definition) is 3. The summed E-state index contributed by atoms with van der Waals surface area (Å²) < 4.78 is 31.8. The number of carbonyl (C=O) groups is 1. The molecule has 1 aromatic rings. The minimum absolute atomic E-state index is 0.0410. The van der Waals surface area contributed by atoms with E-state index in [0.717, 1.165) is 5.23 Å². The molecule has 0 radical (unpaired) electrons. The van der Waals surface area contributed by atoms with E-state index < -0.39 is 22.3 Å². The number of hydrogen-bond acceptors (Lipinski definition) is 8. The summed E-state index contributed by atoms with van der Waals surface area (Å²) in [6.45, 7) is 1.69. The molecule has 2 amide bonds. The molecular formula is C14H20ClN5O5S. The Kier molecular flexibility index (Phi) is 7.20. The van der Waals surface area contributed by atoms with Crippen LogP contribution in [0, 0.1) is 0 Å². The molecule has 0 aliphatic carbocycles. The summed E-state index contributed by atoms with van der Waals surface area (Å²) in [5, 5.41) is 1.73. The van der Waals surface area contributed by atoms with Crippen LogP contribution in [0.5, 0.6) is 0 Å². The topological polar surface area (TPSA) is 112 Å². The van der Waals surface area contributed by atoms with Gasteiger partial charge >= 0.3 is 6.03 Å². The Morgan fingerprint density at radius 2 is 2.08 bits per heavy atom. The molecule has 0 saturated carbocycles. The molecule has 0 aromatic heterocycles. The monoisotopic (exact) mass is 405 g/mol. The van der Waals surface area contributed by atoms with Crippen LogP contribution in [0.3, 0.4) is 0 Å². The van der Waals surface area contributed by atoms with Crippen molar-refractivity contribution in [3.8, 4) is 0 Å². The highest BCUT2D eigenvalue weighted by atomic mass is 35.5. The maximum atomic E-state index is 12.5. The fraction of sp³-hybridized carbons (Fsp3) is 0.357. The Morgan fingerprint density at radius 3 is 2.69 bits per heavy atom. The molecule has 12 heteroatoms. The van der Waals surface area contributed by atoms with Crippen molar-refractivity contribution >= 4 is 27.7 Å². The molecule has 0 spiro atoms. The molecule has 26 heavy (non-hydrogen) atoms. The predicted octanol–water partition coefficient (Wildman–Crippen LogP) is 0.673. The van der Waals surface area contributed by atoms with Crippen LogP contribution in [0.15, 0.2) is 47.0 Å². The zero-order chi connectivity index (χ0) is 19.2. The number of urea groups is 1. The number of allylic oxidation sites excluding steroid dienone is 1. The highest BCUT2D eigenvalue weighted by Gasteiger charge is 2.31. The Labute approximate surface area is 156 Å². The van der Waals surface area contributed by atoms with Gasteiger partial charge in [0, 0.05) is 18.7 Å². The zero-order valence-corrected chi connectivity index (χ0v) is 15.7. The number of benzene rings is 1. The molecule has 10 nitrogen and oxygen atoms in total. The number of nitrogens with zero attached hydrogens (tertiary/aromatic N) is 2. The molecule has 144 valence electrons. The Bertz CT molecular complexity index is 745.